The first kappa shape index (κ1) is 49.4. The number of anilines is 5. The molecule has 3 aliphatic carbocycles. The van der Waals surface area contributed by atoms with Gasteiger partial charge in [-0.1, -0.05) is 195 Å². The number of allylic oxidation sites excluding steroid dienone is 8. The molecule has 0 fully saturated rings. The molecule has 4 heterocycles. The standard InChI is InChI=1S/C70H78BN3O/c1-66(2,3)44-25-31-49(32-26-44)72(50-33-27-45(28-34-50)67(4,5)6)51-41-59-62-60(42-51)74-63-54(65-64(74)52-23-19-20-24-61(52)75-65)38-48(70(13,14)15)39-56(63)71(62)55-35-29-47(69(10,11)12)40-58(55)73(59)57-36-30-46(68(7,8)9)37-53(57)43-21-17-16-18-22-43/h16-17,19-21,23,25-33,35-42,50,61H,18,22,24,34H2,1-15H3. The molecule has 2 atom stereocenters. The average molecular weight is 988 g/mol. The zero-order chi connectivity index (χ0) is 52.9. The van der Waals surface area contributed by atoms with Gasteiger partial charge in [-0.3, -0.25) is 0 Å². The number of fused-ring (bicyclic) bond motifs is 9. The third-order valence-electron chi connectivity index (χ3n) is 17.2. The highest BCUT2D eigenvalue weighted by Crippen LogP contribution is 2.53. The Morgan fingerprint density at radius 3 is 1.89 bits per heavy atom. The highest BCUT2D eigenvalue weighted by atomic mass is 16.5. The average Bonchev–Trinajstić information content (AvgIpc) is 3.99. The van der Waals surface area contributed by atoms with Crippen LogP contribution in [0.25, 0.3) is 27.7 Å². The Morgan fingerprint density at radius 2 is 1.24 bits per heavy atom. The van der Waals surface area contributed by atoms with Gasteiger partial charge in [-0.05, 0) is 145 Å². The van der Waals surface area contributed by atoms with Crippen LogP contribution in [-0.2, 0) is 21.7 Å². The normalized spacial score (nSPS) is 18.8. The first-order chi connectivity index (χ1) is 35.4. The van der Waals surface area contributed by atoms with Gasteiger partial charge in [-0.25, -0.2) is 0 Å². The predicted molar refractivity (Wildman–Crippen MR) is 324 cm³/mol. The Morgan fingerprint density at radius 1 is 0.573 bits per heavy atom. The number of hydrogen-bond donors (Lipinski definition) is 0. The molecule has 12 rings (SSSR count). The summed E-state index contributed by atoms with van der Waals surface area (Å²) in [6.07, 6.45) is 25.0. The van der Waals surface area contributed by atoms with Gasteiger partial charge >= 0.3 is 0 Å². The van der Waals surface area contributed by atoms with Crippen molar-refractivity contribution in [3.8, 4) is 11.4 Å². The van der Waals surface area contributed by atoms with Crippen molar-refractivity contribution in [2.75, 3.05) is 9.80 Å². The minimum atomic E-state index is -0.0951. The number of hydrogen-bond acceptors (Lipinski definition) is 3. The molecule has 6 aromatic rings. The maximum absolute atomic E-state index is 7.25. The number of ether oxygens (including phenoxy) is 1. The highest BCUT2D eigenvalue weighted by molar-refractivity contribution is 7.00. The molecular weight excluding hydrogens is 910 g/mol. The molecule has 0 saturated carbocycles. The first-order valence-electron chi connectivity index (χ1n) is 28.0. The van der Waals surface area contributed by atoms with Crippen LogP contribution in [0.4, 0.5) is 28.4 Å². The van der Waals surface area contributed by atoms with Crippen molar-refractivity contribution in [2.45, 2.75) is 163 Å². The third kappa shape index (κ3) is 8.16. The molecule has 3 aliphatic heterocycles. The van der Waals surface area contributed by atoms with Crippen LogP contribution >= 0.6 is 0 Å². The summed E-state index contributed by atoms with van der Waals surface area (Å²) in [5.41, 5.74) is 24.4. The van der Waals surface area contributed by atoms with E-state index in [-0.39, 0.29) is 45.9 Å². The monoisotopic (exact) mass is 988 g/mol. The van der Waals surface area contributed by atoms with Crippen molar-refractivity contribution in [3.05, 3.63) is 179 Å². The Labute approximate surface area is 449 Å². The molecule has 6 aliphatic rings. The topological polar surface area (TPSA) is 20.6 Å². The number of rotatable bonds is 5. The van der Waals surface area contributed by atoms with Crippen molar-refractivity contribution in [1.29, 1.82) is 0 Å². The summed E-state index contributed by atoms with van der Waals surface area (Å²) in [6, 6.07) is 34.6. The molecule has 0 N–H and O–H groups in total. The van der Waals surface area contributed by atoms with E-state index in [2.05, 4.69) is 258 Å². The SMILES string of the molecule is CC(C)(C)C1=CCC(N(c2ccc(C(C)(C)C)cc2)c2cc3c4c(c2)-n2c5c(c6cc(C(C)(C)C)cc(c62)B4c2ccc(C(C)(C)C)cc2N3c2ccc(C(C)(C)C)cc2C2=CC=CCC2)OC2CC=CC=C52)C=C1. The second-order valence-electron chi connectivity index (χ2n) is 27.7. The molecule has 0 saturated heterocycles. The van der Waals surface area contributed by atoms with Crippen LogP contribution in [0.2, 0.25) is 0 Å². The first-order valence-corrected chi connectivity index (χ1v) is 28.0. The lowest BCUT2D eigenvalue weighted by atomic mass is 9.33. The van der Waals surface area contributed by atoms with Gasteiger partial charge < -0.3 is 19.1 Å². The number of benzene rings is 5. The number of nitrogens with zero attached hydrogens (tertiary/aromatic N) is 3. The van der Waals surface area contributed by atoms with Crippen molar-refractivity contribution >= 4 is 73.6 Å². The maximum Gasteiger partial charge on any atom is 0.252 e. The van der Waals surface area contributed by atoms with Crippen molar-refractivity contribution < 1.29 is 4.74 Å². The lowest BCUT2D eigenvalue weighted by Gasteiger charge is -2.44. The van der Waals surface area contributed by atoms with E-state index in [1.54, 1.807) is 0 Å². The van der Waals surface area contributed by atoms with Crippen molar-refractivity contribution in [3.63, 3.8) is 0 Å². The van der Waals surface area contributed by atoms with Crippen LogP contribution in [0.15, 0.2) is 145 Å². The van der Waals surface area contributed by atoms with E-state index < -0.39 is 0 Å². The molecule has 0 bridgehead atoms. The second kappa shape index (κ2) is 17.0. The fourth-order valence-electron chi connectivity index (χ4n) is 12.8. The van der Waals surface area contributed by atoms with Gasteiger partial charge in [0.1, 0.15) is 6.10 Å². The summed E-state index contributed by atoms with van der Waals surface area (Å²) in [7, 11) is 0. The lowest BCUT2D eigenvalue weighted by Crippen LogP contribution is -2.61. The molecule has 75 heavy (non-hydrogen) atoms. The minimum absolute atomic E-state index is 0.0182. The Hall–Kier alpha value is -6.46. The molecular formula is C70H78BN3O. The molecule has 2 unspecified atom stereocenters. The molecule has 4 nitrogen and oxygen atoms in total. The van der Waals surface area contributed by atoms with E-state index in [1.807, 2.05) is 0 Å². The molecule has 5 heteroatoms. The molecule has 5 aromatic carbocycles. The van der Waals surface area contributed by atoms with E-state index >= 15 is 0 Å². The quantitative estimate of drug-likeness (QED) is 0.160. The molecule has 0 spiro atoms. The smallest absolute Gasteiger partial charge is 0.252 e. The summed E-state index contributed by atoms with van der Waals surface area (Å²) >= 11 is 0. The molecule has 1 aromatic heterocycles. The fourth-order valence-corrected chi connectivity index (χ4v) is 12.8. The summed E-state index contributed by atoms with van der Waals surface area (Å²) in [5, 5.41) is 1.22. The Bertz CT molecular complexity index is 3550. The minimum Gasteiger partial charge on any atom is -0.482 e. The van der Waals surface area contributed by atoms with Crippen LogP contribution in [0.5, 0.6) is 5.75 Å². The fraction of sp³-hybridized carbons (Fsp3) is 0.371. The van der Waals surface area contributed by atoms with Crippen molar-refractivity contribution in [2.24, 2.45) is 5.41 Å². The van der Waals surface area contributed by atoms with Gasteiger partial charge in [0.05, 0.1) is 22.9 Å². The maximum atomic E-state index is 7.25. The zero-order valence-electron chi connectivity index (χ0n) is 47.6. The largest absolute Gasteiger partial charge is 0.482 e. The van der Waals surface area contributed by atoms with Gasteiger partial charge in [0.15, 0.2) is 5.75 Å². The summed E-state index contributed by atoms with van der Waals surface area (Å²) in [5.74, 6) is 1.03. The third-order valence-corrected chi connectivity index (χ3v) is 17.2. The molecule has 382 valence electrons. The highest BCUT2D eigenvalue weighted by Gasteiger charge is 2.47. The van der Waals surface area contributed by atoms with Gasteiger partial charge in [0.25, 0.3) is 6.71 Å². The van der Waals surface area contributed by atoms with Crippen molar-refractivity contribution in [1.82, 2.24) is 4.57 Å². The van der Waals surface area contributed by atoms with E-state index in [4.69, 9.17) is 4.74 Å². The van der Waals surface area contributed by atoms with Crippen LogP contribution in [0.1, 0.15) is 163 Å². The van der Waals surface area contributed by atoms with Gasteiger partial charge in [-0.2, -0.15) is 0 Å². The van der Waals surface area contributed by atoms with Crippen LogP contribution < -0.4 is 30.9 Å². The van der Waals surface area contributed by atoms with E-state index in [0.29, 0.717) is 0 Å². The molecule has 0 amide bonds. The summed E-state index contributed by atoms with van der Waals surface area (Å²) < 4.78 is 9.91. The van der Waals surface area contributed by atoms with Gasteiger partial charge in [0, 0.05) is 51.4 Å². The number of aromatic nitrogens is 1. The predicted octanol–water partition coefficient (Wildman–Crippen LogP) is 16.7. The van der Waals surface area contributed by atoms with E-state index in [0.717, 1.165) is 31.4 Å². The van der Waals surface area contributed by atoms with Gasteiger partial charge in [-0.15, -0.1) is 0 Å². The van der Waals surface area contributed by atoms with Crippen LogP contribution in [-0.4, -0.2) is 23.4 Å². The Balaban J connectivity index is 1.24. The van der Waals surface area contributed by atoms with Crippen LogP contribution in [0, 0.1) is 5.41 Å². The van der Waals surface area contributed by atoms with E-state index in [1.165, 1.54) is 112 Å². The Kier molecular flexibility index (Phi) is 11.2. The zero-order valence-corrected chi connectivity index (χ0v) is 47.6. The lowest BCUT2D eigenvalue weighted by molar-refractivity contribution is 0.282. The molecule has 0 radical (unpaired) electrons. The summed E-state index contributed by atoms with van der Waals surface area (Å²) in [6.45, 7) is 35.2. The second-order valence-corrected chi connectivity index (χ2v) is 27.7. The van der Waals surface area contributed by atoms with E-state index in [9.17, 15) is 0 Å². The van der Waals surface area contributed by atoms with Crippen LogP contribution in [0.3, 0.4) is 0 Å². The summed E-state index contributed by atoms with van der Waals surface area (Å²) in [4.78, 5) is 5.37. The van der Waals surface area contributed by atoms with Gasteiger partial charge in [0.2, 0.25) is 0 Å².